The van der Waals surface area contributed by atoms with Gasteiger partial charge in [-0.3, -0.25) is 14.6 Å². The number of carbonyl (C=O) groups is 1. The number of aliphatic hydroxyl groups is 1. The van der Waals surface area contributed by atoms with Crippen LogP contribution in [0, 0.1) is 5.92 Å². The van der Waals surface area contributed by atoms with Gasteiger partial charge in [-0.05, 0) is 30.9 Å². The van der Waals surface area contributed by atoms with Gasteiger partial charge in [0.05, 0.1) is 0 Å². The van der Waals surface area contributed by atoms with E-state index in [-0.39, 0.29) is 12.4 Å². The average Bonchev–Trinajstić information content (AvgIpc) is 2.50. The van der Waals surface area contributed by atoms with Crippen LogP contribution in [0.15, 0.2) is 24.3 Å². The van der Waals surface area contributed by atoms with Crippen molar-refractivity contribution in [3.05, 3.63) is 35.4 Å². The van der Waals surface area contributed by atoms with E-state index in [1.807, 2.05) is 18.2 Å². The summed E-state index contributed by atoms with van der Waals surface area (Å²) in [6.07, 6.45) is 0.830. The fourth-order valence-electron chi connectivity index (χ4n) is 3.38. The molecule has 0 amide bonds. The van der Waals surface area contributed by atoms with Crippen LogP contribution in [0.4, 0.5) is 0 Å². The SMILES string of the molecule is CC(=O)c1cccc(CN2CCN(CC(C)C)[C@@H](CCO)C2)c1. The summed E-state index contributed by atoms with van der Waals surface area (Å²) in [5, 5.41) is 9.36. The van der Waals surface area contributed by atoms with Crippen LogP contribution in [0.3, 0.4) is 0 Å². The Labute approximate surface area is 140 Å². The molecule has 0 saturated carbocycles. The highest BCUT2D eigenvalue weighted by Crippen LogP contribution is 2.17. The highest BCUT2D eigenvalue weighted by atomic mass is 16.3. The van der Waals surface area contributed by atoms with Gasteiger partial charge in [-0.15, -0.1) is 0 Å². The molecule has 2 rings (SSSR count). The summed E-state index contributed by atoms with van der Waals surface area (Å²) < 4.78 is 0. The van der Waals surface area contributed by atoms with E-state index in [0.717, 1.165) is 44.7 Å². The zero-order valence-corrected chi connectivity index (χ0v) is 14.7. The number of carbonyl (C=O) groups excluding carboxylic acids is 1. The van der Waals surface area contributed by atoms with E-state index in [9.17, 15) is 9.90 Å². The van der Waals surface area contributed by atoms with Gasteiger partial charge in [0, 0.05) is 50.9 Å². The molecule has 4 nitrogen and oxygen atoms in total. The highest BCUT2D eigenvalue weighted by Gasteiger charge is 2.26. The molecule has 0 bridgehead atoms. The number of ketones is 1. The van der Waals surface area contributed by atoms with E-state index < -0.39 is 0 Å². The third kappa shape index (κ3) is 5.41. The van der Waals surface area contributed by atoms with Crippen LogP contribution in [0.2, 0.25) is 0 Å². The lowest BCUT2D eigenvalue weighted by Crippen LogP contribution is -2.53. The Kier molecular flexibility index (Phi) is 6.75. The molecule has 1 aromatic carbocycles. The Bertz CT molecular complexity index is 516. The lowest BCUT2D eigenvalue weighted by Gasteiger charge is -2.42. The molecule has 1 N–H and O–H groups in total. The minimum Gasteiger partial charge on any atom is -0.396 e. The standard InChI is InChI=1S/C19H30N2O2/c1-15(2)12-21-9-8-20(14-19(21)7-10-22)13-17-5-4-6-18(11-17)16(3)23/h4-6,11,15,19,22H,7-10,12-14H2,1-3H3/t19-/m0/s1. The minimum atomic E-state index is 0.117. The van der Waals surface area contributed by atoms with E-state index in [0.29, 0.717) is 12.0 Å². The van der Waals surface area contributed by atoms with E-state index in [1.165, 1.54) is 5.56 Å². The van der Waals surface area contributed by atoms with E-state index in [4.69, 9.17) is 0 Å². The van der Waals surface area contributed by atoms with Gasteiger partial charge < -0.3 is 5.11 Å². The van der Waals surface area contributed by atoms with Crippen LogP contribution in [0.1, 0.15) is 43.1 Å². The predicted molar refractivity (Wildman–Crippen MR) is 93.6 cm³/mol. The third-order valence-corrected chi connectivity index (χ3v) is 4.49. The molecule has 1 aliphatic rings. The first kappa shape index (κ1) is 18.1. The second kappa shape index (κ2) is 8.57. The summed E-state index contributed by atoms with van der Waals surface area (Å²) in [7, 11) is 0. The van der Waals surface area contributed by atoms with Gasteiger partial charge in [-0.1, -0.05) is 32.0 Å². The van der Waals surface area contributed by atoms with Gasteiger partial charge in [0.25, 0.3) is 0 Å². The van der Waals surface area contributed by atoms with Crippen molar-refractivity contribution in [2.75, 3.05) is 32.8 Å². The summed E-state index contributed by atoms with van der Waals surface area (Å²) in [5.41, 5.74) is 1.98. The van der Waals surface area contributed by atoms with E-state index >= 15 is 0 Å². The van der Waals surface area contributed by atoms with Gasteiger partial charge in [-0.25, -0.2) is 0 Å². The fourth-order valence-corrected chi connectivity index (χ4v) is 3.38. The Hall–Kier alpha value is -1.23. The Balaban J connectivity index is 1.99. The third-order valence-electron chi connectivity index (χ3n) is 4.49. The summed E-state index contributed by atoms with van der Waals surface area (Å²) in [6.45, 7) is 11.4. The number of hydrogen-bond donors (Lipinski definition) is 1. The normalized spacial score (nSPS) is 20.1. The van der Waals surface area contributed by atoms with E-state index in [1.54, 1.807) is 6.92 Å². The molecule has 1 heterocycles. The summed E-state index contributed by atoms with van der Waals surface area (Å²) in [4.78, 5) is 16.5. The molecule has 4 heteroatoms. The van der Waals surface area contributed by atoms with Crippen LogP contribution in [-0.2, 0) is 6.54 Å². The van der Waals surface area contributed by atoms with Crippen molar-refractivity contribution in [1.82, 2.24) is 9.80 Å². The Morgan fingerprint density at radius 1 is 1.35 bits per heavy atom. The molecule has 1 aliphatic heterocycles. The van der Waals surface area contributed by atoms with Crippen molar-refractivity contribution in [3.8, 4) is 0 Å². The van der Waals surface area contributed by atoms with E-state index in [2.05, 4.69) is 29.7 Å². The molecule has 0 radical (unpaired) electrons. The zero-order chi connectivity index (χ0) is 16.8. The predicted octanol–water partition coefficient (Wildman–Crippen LogP) is 2.41. The molecule has 1 saturated heterocycles. The summed E-state index contributed by atoms with van der Waals surface area (Å²) >= 11 is 0. The number of rotatable bonds is 7. The minimum absolute atomic E-state index is 0.117. The lowest BCUT2D eigenvalue weighted by molar-refractivity contribution is 0.0477. The van der Waals surface area contributed by atoms with Gasteiger partial charge in [0.15, 0.2) is 5.78 Å². The van der Waals surface area contributed by atoms with Gasteiger partial charge in [0.2, 0.25) is 0 Å². The zero-order valence-electron chi connectivity index (χ0n) is 14.7. The van der Waals surface area contributed by atoms with Crippen LogP contribution in [0.5, 0.6) is 0 Å². The fraction of sp³-hybridized carbons (Fsp3) is 0.632. The van der Waals surface area contributed by atoms with Crippen molar-refractivity contribution in [3.63, 3.8) is 0 Å². The van der Waals surface area contributed by atoms with Crippen LogP contribution in [-0.4, -0.2) is 59.5 Å². The first-order valence-electron chi connectivity index (χ1n) is 8.66. The van der Waals surface area contributed by atoms with Gasteiger partial charge in [0.1, 0.15) is 0 Å². The summed E-state index contributed by atoms with van der Waals surface area (Å²) in [6, 6.07) is 8.36. The maximum absolute atomic E-state index is 11.5. The molecular formula is C19H30N2O2. The summed E-state index contributed by atoms with van der Waals surface area (Å²) in [5.74, 6) is 0.766. The molecule has 0 aliphatic carbocycles. The molecule has 0 unspecified atom stereocenters. The molecule has 23 heavy (non-hydrogen) atoms. The maximum Gasteiger partial charge on any atom is 0.159 e. The molecule has 1 atom stereocenters. The van der Waals surface area contributed by atoms with Crippen molar-refractivity contribution < 1.29 is 9.90 Å². The number of nitrogens with zero attached hydrogens (tertiary/aromatic N) is 2. The largest absolute Gasteiger partial charge is 0.396 e. The number of Topliss-reactive ketones (excluding diaryl/α,β-unsaturated/α-hetero) is 1. The lowest BCUT2D eigenvalue weighted by atomic mass is 10.0. The van der Waals surface area contributed by atoms with Gasteiger partial charge in [-0.2, -0.15) is 0 Å². The number of aliphatic hydroxyl groups excluding tert-OH is 1. The van der Waals surface area contributed by atoms with Crippen LogP contribution >= 0.6 is 0 Å². The van der Waals surface area contributed by atoms with Crippen LogP contribution < -0.4 is 0 Å². The number of piperazine rings is 1. The number of hydrogen-bond acceptors (Lipinski definition) is 4. The van der Waals surface area contributed by atoms with Crippen molar-refractivity contribution in [2.24, 2.45) is 5.92 Å². The maximum atomic E-state index is 11.5. The Morgan fingerprint density at radius 3 is 2.78 bits per heavy atom. The smallest absolute Gasteiger partial charge is 0.159 e. The topological polar surface area (TPSA) is 43.8 Å². The van der Waals surface area contributed by atoms with Gasteiger partial charge >= 0.3 is 0 Å². The first-order chi connectivity index (χ1) is 11.0. The molecule has 1 aromatic rings. The molecule has 1 fully saturated rings. The Morgan fingerprint density at radius 2 is 2.13 bits per heavy atom. The second-order valence-electron chi connectivity index (χ2n) is 7.05. The number of benzene rings is 1. The van der Waals surface area contributed by atoms with Crippen molar-refractivity contribution in [1.29, 1.82) is 0 Å². The molecular weight excluding hydrogens is 288 g/mol. The van der Waals surface area contributed by atoms with Crippen molar-refractivity contribution >= 4 is 5.78 Å². The quantitative estimate of drug-likeness (QED) is 0.784. The molecule has 0 spiro atoms. The molecule has 0 aromatic heterocycles. The average molecular weight is 318 g/mol. The monoisotopic (exact) mass is 318 g/mol. The van der Waals surface area contributed by atoms with Crippen molar-refractivity contribution in [2.45, 2.75) is 39.8 Å². The first-order valence-corrected chi connectivity index (χ1v) is 8.66. The highest BCUT2D eigenvalue weighted by molar-refractivity contribution is 5.94. The second-order valence-corrected chi connectivity index (χ2v) is 7.05. The molecule has 128 valence electrons. The van der Waals surface area contributed by atoms with Crippen LogP contribution in [0.25, 0.3) is 0 Å².